The van der Waals surface area contributed by atoms with Gasteiger partial charge in [-0.15, -0.1) is 21.5 Å². The van der Waals surface area contributed by atoms with Crippen molar-refractivity contribution in [3.05, 3.63) is 33.5 Å². The van der Waals surface area contributed by atoms with Crippen molar-refractivity contribution in [2.24, 2.45) is 5.92 Å². The van der Waals surface area contributed by atoms with Gasteiger partial charge in [-0.2, -0.15) is 0 Å². The molecular weight excluding hydrogens is 284 g/mol. The standard InChI is InChI=1S/C15H20N4OS/c1-3-19-9-17-18-14(19)8-16-15(20)13-7-11-6-10(2)4-5-12(11)21-13/h7,9-10H,3-6,8H2,1-2H3,(H,16,20). The number of nitrogens with zero attached hydrogens (tertiary/aromatic N) is 3. The van der Waals surface area contributed by atoms with Crippen LogP contribution in [0.3, 0.4) is 0 Å². The van der Waals surface area contributed by atoms with Crippen molar-refractivity contribution in [2.45, 2.75) is 46.2 Å². The van der Waals surface area contributed by atoms with Gasteiger partial charge >= 0.3 is 0 Å². The fraction of sp³-hybridized carbons (Fsp3) is 0.533. The molecule has 0 fully saturated rings. The summed E-state index contributed by atoms with van der Waals surface area (Å²) in [7, 11) is 0. The van der Waals surface area contributed by atoms with Gasteiger partial charge in [0.1, 0.15) is 6.33 Å². The Kier molecular flexibility index (Phi) is 4.05. The molecule has 1 unspecified atom stereocenters. The van der Waals surface area contributed by atoms with Crippen LogP contribution >= 0.6 is 11.3 Å². The van der Waals surface area contributed by atoms with Crippen LogP contribution in [0.2, 0.25) is 0 Å². The Bertz CT molecular complexity index is 646. The lowest BCUT2D eigenvalue weighted by atomic mass is 9.90. The summed E-state index contributed by atoms with van der Waals surface area (Å²) < 4.78 is 1.93. The van der Waals surface area contributed by atoms with Crippen molar-refractivity contribution in [3.8, 4) is 0 Å². The van der Waals surface area contributed by atoms with E-state index >= 15 is 0 Å². The van der Waals surface area contributed by atoms with E-state index in [2.05, 4.69) is 28.5 Å². The van der Waals surface area contributed by atoms with Crippen LogP contribution in [-0.4, -0.2) is 20.7 Å². The first kappa shape index (κ1) is 14.3. The molecule has 1 aliphatic carbocycles. The quantitative estimate of drug-likeness (QED) is 0.943. The van der Waals surface area contributed by atoms with Crippen LogP contribution in [0, 0.1) is 5.92 Å². The summed E-state index contributed by atoms with van der Waals surface area (Å²) >= 11 is 1.64. The molecule has 0 saturated heterocycles. The third-order valence-electron chi connectivity index (χ3n) is 4.00. The lowest BCUT2D eigenvalue weighted by Crippen LogP contribution is -2.23. The maximum atomic E-state index is 12.3. The zero-order valence-electron chi connectivity index (χ0n) is 12.4. The topological polar surface area (TPSA) is 59.8 Å². The second kappa shape index (κ2) is 5.97. The molecule has 1 atom stereocenters. The van der Waals surface area contributed by atoms with E-state index in [4.69, 9.17) is 0 Å². The van der Waals surface area contributed by atoms with Crippen LogP contribution in [0.15, 0.2) is 12.4 Å². The maximum Gasteiger partial charge on any atom is 0.261 e. The zero-order valence-corrected chi connectivity index (χ0v) is 13.2. The van der Waals surface area contributed by atoms with Crippen molar-refractivity contribution < 1.29 is 4.79 Å². The summed E-state index contributed by atoms with van der Waals surface area (Å²) in [6.45, 7) is 5.54. The molecule has 5 nitrogen and oxygen atoms in total. The van der Waals surface area contributed by atoms with Gasteiger partial charge in [0.2, 0.25) is 0 Å². The van der Waals surface area contributed by atoms with Crippen molar-refractivity contribution in [2.75, 3.05) is 0 Å². The maximum absolute atomic E-state index is 12.3. The molecule has 0 bridgehead atoms. The molecule has 3 rings (SSSR count). The van der Waals surface area contributed by atoms with E-state index in [1.165, 1.54) is 16.9 Å². The van der Waals surface area contributed by atoms with E-state index in [1.54, 1.807) is 17.7 Å². The van der Waals surface area contributed by atoms with E-state index in [0.717, 1.165) is 36.0 Å². The molecule has 2 aromatic rings. The zero-order chi connectivity index (χ0) is 14.8. The summed E-state index contributed by atoms with van der Waals surface area (Å²) in [5.74, 6) is 1.51. The van der Waals surface area contributed by atoms with Crippen molar-refractivity contribution in [1.29, 1.82) is 0 Å². The van der Waals surface area contributed by atoms with Gasteiger partial charge < -0.3 is 9.88 Å². The number of aryl methyl sites for hydroxylation is 2. The summed E-state index contributed by atoms with van der Waals surface area (Å²) in [6.07, 6.45) is 5.13. The van der Waals surface area contributed by atoms with Gasteiger partial charge in [-0.1, -0.05) is 6.92 Å². The third-order valence-corrected chi connectivity index (χ3v) is 5.23. The number of carbonyl (C=O) groups excluding carboxylic acids is 1. The average molecular weight is 304 g/mol. The van der Waals surface area contributed by atoms with Gasteiger partial charge in [-0.3, -0.25) is 4.79 Å². The number of rotatable bonds is 4. The number of amides is 1. The van der Waals surface area contributed by atoms with Crippen LogP contribution in [0.5, 0.6) is 0 Å². The first-order valence-electron chi connectivity index (χ1n) is 7.43. The smallest absolute Gasteiger partial charge is 0.261 e. The summed E-state index contributed by atoms with van der Waals surface area (Å²) in [4.78, 5) is 14.5. The molecule has 0 spiro atoms. The minimum Gasteiger partial charge on any atom is -0.344 e. The predicted octanol–water partition coefficient (Wildman–Crippen LogP) is 2.41. The number of thiophene rings is 1. The number of carbonyl (C=O) groups is 1. The molecular formula is C15H20N4OS. The van der Waals surface area contributed by atoms with Crippen molar-refractivity contribution >= 4 is 17.2 Å². The molecule has 2 aromatic heterocycles. The Labute approximate surface area is 128 Å². The first-order valence-corrected chi connectivity index (χ1v) is 8.25. The summed E-state index contributed by atoms with van der Waals surface area (Å²) in [5.41, 5.74) is 1.36. The van der Waals surface area contributed by atoms with Crippen LogP contribution in [0.1, 0.15) is 46.2 Å². The monoisotopic (exact) mass is 304 g/mol. The lowest BCUT2D eigenvalue weighted by Gasteiger charge is -2.16. The Morgan fingerprint density at radius 3 is 3.24 bits per heavy atom. The van der Waals surface area contributed by atoms with Gasteiger partial charge in [-0.25, -0.2) is 0 Å². The van der Waals surface area contributed by atoms with Gasteiger partial charge in [0, 0.05) is 11.4 Å². The highest BCUT2D eigenvalue weighted by molar-refractivity contribution is 7.14. The molecule has 0 saturated carbocycles. The second-order valence-corrected chi connectivity index (χ2v) is 6.76. The minimum absolute atomic E-state index is 0.00675. The number of hydrogen-bond acceptors (Lipinski definition) is 4. The average Bonchev–Trinajstić information content (AvgIpc) is 3.10. The third kappa shape index (κ3) is 3.00. The second-order valence-electron chi connectivity index (χ2n) is 5.62. The van der Waals surface area contributed by atoms with Gasteiger partial charge in [-0.05, 0) is 43.7 Å². The van der Waals surface area contributed by atoms with Crippen LogP contribution in [0.25, 0.3) is 0 Å². The van der Waals surface area contributed by atoms with E-state index < -0.39 is 0 Å². The lowest BCUT2D eigenvalue weighted by molar-refractivity contribution is 0.0953. The Hall–Kier alpha value is -1.69. The summed E-state index contributed by atoms with van der Waals surface area (Å²) in [6, 6.07) is 2.07. The normalized spacial score (nSPS) is 17.5. The Morgan fingerprint density at radius 1 is 1.57 bits per heavy atom. The molecule has 2 heterocycles. The number of nitrogens with one attached hydrogen (secondary N) is 1. The Morgan fingerprint density at radius 2 is 2.43 bits per heavy atom. The van der Waals surface area contributed by atoms with Crippen molar-refractivity contribution in [3.63, 3.8) is 0 Å². The molecule has 0 aliphatic heterocycles. The number of fused-ring (bicyclic) bond motifs is 1. The van der Waals surface area contributed by atoms with Gasteiger partial charge in [0.05, 0.1) is 11.4 Å². The van der Waals surface area contributed by atoms with Crippen LogP contribution < -0.4 is 5.32 Å². The highest BCUT2D eigenvalue weighted by Gasteiger charge is 2.20. The van der Waals surface area contributed by atoms with E-state index in [0.29, 0.717) is 6.54 Å². The van der Waals surface area contributed by atoms with E-state index in [9.17, 15) is 4.79 Å². The molecule has 0 aromatic carbocycles. The highest BCUT2D eigenvalue weighted by atomic mass is 32.1. The fourth-order valence-corrected chi connectivity index (χ4v) is 3.87. The van der Waals surface area contributed by atoms with Gasteiger partial charge in [0.15, 0.2) is 5.82 Å². The van der Waals surface area contributed by atoms with Gasteiger partial charge in [0.25, 0.3) is 5.91 Å². The molecule has 1 aliphatic rings. The Balaban J connectivity index is 1.66. The highest BCUT2D eigenvalue weighted by Crippen LogP contribution is 2.32. The largest absolute Gasteiger partial charge is 0.344 e. The fourth-order valence-electron chi connectivity index (χ4n) is 2.74. The molecule has 1 amide bonds. The number of hydrogen-bond donors (Lipinski definition) is 1. The first-order chi connectivity index (χ1) is 10.2. The summed E-state index contributed by atoms with van der Waals surface area (Å²) in [5, 5.41) is 10.8. The van der Waals surface area contributed by atoms with E-state index in [1.807, 2.05) is 11.5 Å². The molecule has 112 valence electrons. The SMILES string of the molecule is CCn1cnnc1CNC(=O)c1cc2c(s1)CCC(C)C2. The molecule has 21 heavy (non-hydrogen) atoms. The van der Waals surface area contributed by atoms with Crippen molar-refractivity contribution in [1.82, 2.24) is 20.1 Å². The van der Waals surface area contributed by atoms with Crippen LogP contribution in [0.4, 0.5) is 0 Å². The van der Waals surface area contributed by atoms with E-state index in [-0.39, 0.29) is 5.91 Å². The van der Waals surface area contributed by atoms with Crippen LogP contribution in [-0.2, 0) is 25.9 Å². The number of aromatic nitrogens is 3. The molecule has 6 heteroatoms. The minimum atomic E-state index is -0.00675. The molecule has 0 radical (unpaired) electrons. The predicted molar refractivity (Wildman–Crippen MR) is 82.4 cm³/mol. The molecule has 1 N–H and O–H groups in total.